The molecule has 0 bridgehead atoms. The molecule has 1 amide bonds. The standard InChI is InChI=1S/C17H20F2N3O8PS/c1-28-10-3-4-11(13(18)7-10)12-8-16(23)22(9-14(12)19)6-5-15(32(2,26)27)17(24)21-30-31(25)29-20/h3-4,7-9,15,25H,5-6,20H2,1-2H3,(H,21,24). The van der Waals surface area contributed by atoms with Gasteiger partial charge in [0.1, 0.15) is 22.6 Å². The van der Waals surface area contributed by atoms with Crippen LogP contribution in [0.1, 0.15) is 6.42 Å². The number of methoxy groups -OCH3 is 1. The Bertz CT molecular complexity index is 1150. The molecular formula is C17H20F2N3O8PS. The van der Waals surface area contributed by atoms with Gasteiger partial charge in [0.25, 0.3) is 11.5 Å². The number of nitrogens with zero attached hydrogens (tertiary/aromatic N) is 1. The second kappa shape index (κ2) is 10.9. The Morgan fingerprint density at radius 2 is 1.97 bits per heavy atom. The lowest BCUT2D eigenvalue weighted by Crippen LogP contribution is -2.40. The van der Waals surface area contributed by atoms with Crippen LogP contribution in [0.15, 0.2) is 35.3 Å². The highest BCUT2D eigenvalue weighted by molar-refractivity contribution is 7.92. The number of aromatic nitrogens is 1. The average Bonchev–Trinajstić information content (AvgIpc) is 2.73. The van der Waals surface area contributed by atoms with Gasteiger partial charge in [-0.15, -0.1) is 0 Å². The number of hydroxylamine groups is 1. The van der Waals surface area contributed by atoms with Gasteiger partial charge in [0.05, 0.1) is 7.11 Å². The van der Waals surface area contributed by atoms with E-state index in [1.165, 1.54) is 19.2 Å². The van der Waals surface area contributed by atoms with Crippen molar-refractivity contribution in [1.82, 2.24) is 10.0 Å². The first-order chi connectivity index (χ1) is 15.0. The molecule has 0 fully saturated rings. The monoisotopic (exact) mass is 495 g/mol. The molecule has 32 heavy (non-hydrogen) atoms. The number of sulfone groups is 1. The van der Waals surface area contributed by atoms with Crippen molar-refractivity contribution >= 4 is 24.3 Å². The summed E-state index contributed by atoms with van der Waals surface area (Å²) < 4.78 is 66.7. The van der Waals surface area contributed by atoms with Crippen LogP contribution in [0.25, 0.3) is 11.1 Å². The molecule has 0 radical (unpaired) electrons. The Morgan fingerprint density at radius 3 is 2.53 bits per heavy atom. The molecule has 2 aromatic rings. The van der Waals surface area contributed by atoms with E-state index in [-0.39, 0.29) is 23.4 Å². The highest BCUT2D eigenvalue weighted by Gasteiger charge is 2.30. The molecule has 15 heteroatoms. The quantitative estimate of drug-likeness (QED) is 0.320. The van der Waals surface area contributed by atoms with Gasteiger partial charge in [-0.3, -0.25) is 9.59 Å². The summed E-state index contributed by atoms with van der Waals surface area (Å²) in [6, 6.07) is 4.54. The number of halogens is 2. The van der Waals surface area contributed by atoms with Crippen molar-refractivity contribution < 1.29 is 40.9 Å². The maximum absolute atomic E-state index is 14.6. The fraction of sp³-hybridized carbons (Fsp3) is 0.294. The maximum Gasteiger partial charge on any atom is 0.371 e. The summed E-state index contributed by atoms with van der Waals surface area (Å²) >= 11 is 0. The number of carbonyl (C=O) groups excluding carboxylic acids is 1. The van der Waals surface area contributed by atoms with Gasteiger partial charge in [0.15, 0.2) is 9.84 Å². The fourth-order valence-corrected chi connectivity index (χ4v) is 3.92. The van der Waals surface area contributed by atoms with Gasteiger partial charge in [-0.25, -0.2) is 33.2 Å². The van der Waals surface area contributed by atoms with Crippen LogP contribution in [-0.4, -0.2) is 42.4 Å². The van der Waals surface area contributed by atoms with Crippen LogP contribution in [0.4, 0.5) is 8.78 Å². The van der Waals surface area contributed by atoms with Crippen molar-refractivity contribution in [3.63, 3.8) is 0 Å². The molecule has 0 spiro atoms. The molecule has 1 aromatic carbocycles. The van der Waals surface area contributed by atoms with Crippen LogP contribution in [0.5, 0.6) is 5.75 Å². The number of aryl methyl sites for hydroxylation is 1. The van der Waals surface area contributed by atoms with Gasteiger partial charge in [-0.1, -0.05) is 0 Å². The average molecular weight is 495 g/mol. The van der Waals surface area contributed by atoms with Crippen molar-refractivity contribution in [3.8, 4) is 16.9 Å². The minimum absolute atomic E-state index is 0.166. The summed E-state index contributed by atoms with van der Waals surface area (Å²) in [6.45, 7) is -0.367. The van der Waals surface area contributed by atoms with Gasteiger partial charge in [0.2, 0.25) is 0 Å². The number of nitrogens with two attached hydrogens (primary N) is 1. The second-order valence-corrected chi connectivity index (χ2v) is 9.52. The van der Waals surface area contributed by atoms with E-state index in [1.807, 2.05) is 0 Å². The third-order valence-corrected chi connectivity index (χ3v) is 6.21. The highest BCUT2D eigenvalue weighted by atomic mass is 32.2. The minimum Gasteiger partial charge on any atom is -0.497 e. The molecule has 0 saturated carbocycles. The zero-order valence-electron chi connectivity index (χ0n) is 16.8. The van der Waals surface area contributed by atoms with Gasteiger partial charge in [-0.2, -0.15) is 4.62 Å². The third-order valence-electron chi connectivity index (χ3n) is 4.30. The molecule has 2 atom stereocenters. The number of pyridine rings is 1. The molecule has 1 aromatic heterocycles. The molecule has 0 saturated heterocycles. The number of amides is 1. The molecule has 2 rings (SSSR count). The summed E-state index contributed by atoms with van der Waals surface area (Å²) in [7, 11) is -5.31. The van der Waals surface area contributed by atoms with Crippen molar-refractivity contribution in [2.75, 3.05) is 13.4 Å². The zero-order valence-corrected chi connectivity index (χ0v) is 18.5. The number of hydrogen-bond acceptors (Lipinski definition) is 9. The lowest BCUT2D eigenvalue weighted by Gasteiger charge is -2.16. The molecule has 0 aliphatic carbocycles. The Hall–Kier alpha value is -2.48. The van der Waals surface area contributed by atoms with E-state index in [9.17, 15) is 26.8 Å². The molecule has 0 aliphatic heterocycles. The van der Waals surface area contributed by atoms with Crippen LogP contribution >= 0.6 is 8.60 Å². The topological polar surface area (TPSA) is 159 Å². The van der Waals surface area contributed by atoms with Crippen LogP contribution in [-0.2, 0) is 30.4 Å². The molecule has 0 aliphatic rings. The zero-order chi connectivity index (χ0) is 24.1. The van der Waals surface area contributed by atoms with E-state index in [0.29, 0.717) is 0 Å². The largest absolute Gasteiger partial charge is 0.497 e. The maximum atomic E-state index is 14.6. The summed E-state index contributed by atoms with van der Waals surface area (Å²) in [5.41, 5.74) is 0.475. The normalized spacial score (nSPS) is 13.4. The Labute approximate surface area is 182 Å². The Balaban J connectivity index is 2.24. The first-order valence-electron chi connectivity index (χ1n) is 8.73. The van der Waals surface area contributed by atoms with Gasteiger partial charge in [0, 0.05) is 42.3 Å². The Morgan fingerprint density at radius 1 is 1.28 bits per heavy atom. The molecule has 176 valence electrons. The number of benzene rings is 1. The van der Waals surface area contributed by atoms with E-state index in [4.69, 9.17) is 9.63 Å². The van der Waals surface area contributed by atoms with Crippen molar-refractivity contribution in [3.05, 3.63) is 52.5 Å². The summed E-state index contributed by atoms with van der Waals surface area (Å²) in [5, 5.41) is -1.70. The molecule has 1 heterocycles. The van der Waals surface area contributed by atoms with E-state index in [0.717, 1.165) is 29.2 Å². The summed E-state index contributed by atoms with van der Waals surface area (Å²) in [4.78, 5) is 33.5. The van der Waals surface area contributed by atoms with Crippen molar-refractivity contribution in [2.45, 2.75) is 18.2 Å². The molecule has 2 unspecified atom stereocenters. The third kappa shape index (κ3) is 6.51. The molecule has 4 N–H and O–H groups in total. The van der Waals surface area contributed by atoms with Crippen molar-refractivity contribution in [1.29, 1.82) is 0 Å². The molecular weight excluding hydrogens is 475 g/mol. The van der Waals surface area contributed by atoms with Crippen molar-refractivity contribution in [2.24, 2.45) is 5.90 Å². The van der Waals surface area contributed by atoms with E-state index >= 15 is 0 Å². The van der Waals surface area contributed by atoms with Crippen LogP contribution in [0, 0.1) is 11.6 Å². The lowest BCUT2D eigenvalue weighted by atomic mass is 10.1. The highest BCUT2D eigenvalue weighted by Crippen LogP contribution is 2.28. The number of carbonyl (C=O) groups is 1. The van der Waals surface area contributed by atoms with Gasteiger partial charge in [-0.05, 0) is 18.6 Å². The number of nitrogens with one attached hydrogen (secondary N) is 1. The van der Waals surface area contributed by atoms with Gasteiger partial charge >= 0.3 is 8.60 Å². The summed E-state index contributed by atoms with van der Waals surface area (Å²) in [5.74, 6) is 1.95. The predicted molar refractivity (Wildman–Crippen MR) is 109 cm³/mol. The fourth-order valence-electron chi connectivity index (χ4n) is 2.73. The van der Waals surface area contributed by atoms with Crippen LogP contribution in [0.3, 0.4) is 0 Å². The first kappa shape index (κ1) is 25.8. The van der Waals surface area contributed by atoms with E-state index < -0.39 is 53.2 Å². The molecule has 11 nitrogen and oxygen atoms in total. The SMILES string of the molecule is COc1ccc(-c2cc(=O)n(CCC(C(=O)NOP(O)ON)S(C)(=O)=O)cc2F)c(F)c1. The minimum atomic E-state index is -3.98. The number of ether oxygens (including phenoxy) is 1. The summed E-state index contributed by atoms with van der Waals surface area (Å²) in [6.07, 6.45) is 1.12. The number of hydrogen-bond donors (Lipinski definition) is 3. The van der Waals surface area contributed by atoms with Crippen LogP contribution < -0.4 is 21.7 Å². The first-order valence-corrected chi connectivity index (χ1v) is 11.8. The number of rotatable bonds is 10. The van der Waals surface area contributed by atoms with Crippen LogP contribution in [0.2, 0.25) is 0 Å². The lowest BCUT2D eigenvalue weighted by molar-refractivity contribution is -0.127. The van der Waals surface area contributed by atoms with E-state index in [2.05, 4.69) is 15.1 Å². The smallest absolute Gasteiger partial charge is 0.371 e. The second-order valence-electron chi connectivity index (χ2n) is 6.42. The van der Waals surface area contributed by atoms with Gasteiger partial charge < -0.3 is 14.2 Å². The van der Waals surface area contributed by atoms with E-state index in [1.54, 1.807) is 5.48 Å². The Kier molecular flexibility index (Phi) is 8.78. The predicted octanol–water partition coefficient (Wildman–Crippen LogP) is 0.763.